The summed E-state index contributed by atoms with van der Waals surface area (Å²) < 4.78 is 0. The molecule has 1 aromatic heterocycles. The molecular weight excluding hydrogens is 364 g/mol. The van der Waals surface area contributed by atoms with Crippen LogP contribution in [-0.2, 0) is 22.7 Å². The number of hydrogen-bond donors (Lipinski definition) is 1. The molecule has 3 rings (SSSR count). The van der Waals surface area contributed by atoms with Crippen molar-refractivity contribution in [1.29, 1.82) is 0 Å². The Morgan fingerprint density at radius 1 is 1.21 bits per heavy atom. The van der Waals surface area contributed by atoms with Crippen LogP contribution in [0.5, 0.6) is 0 Å². The van der Waals surface area contributed by atoms with Crippen LogP contribution < -0.4 is 5.32 Å². The van der Waals surface area contributed by atoms with Gasteiger partial charge in [0.25, 0.3) is 0 Å². The summed E-state index contributed by atoms with van der Waals surface area (Å²) in [6.45, 7) is 7.78. The lowest BCUT2D eigenvalue weighted by atomic mass is 9.99. The van der Waals surface area contributed by atoms with Crippen LogP contribution in [0.4, 0.5) is 5.82 Å². The van der Waals surface area contributed by atoms with Crippen LogP contribution in [-0.4, -0.2) is 47.2 Å². The molecule has 1 N–H and O–H groups in total. The van der Waals surface area contributed by atoms with Gasteiger partial charge in [-0.3, -0.25) is 14.5 Å². The molecule has 0 fully saturated rings. The van der Waals surface area contributed by atoms with E-state index < -0.39 is 0 Å². The summed E-state index contributed by atoms with van der Waals surface area (Å²) in [6, 6.07) is 6.25. The largest absolute Gasteiger partial charge is 0.338 e. The Morgan fingerprint density at radius 3 is 2.59 bits per heavy atom. The van der Waals surface area contributed by atoms with Gasteiger partial charge in [0.15, 0.2) is 0 Å². The Morgan fingerprint density at radius 2 is 1.90 bits per heavy atom. The van der Waals surface area contributed by atoms with E-state index >= 15 is 0 Å². The van der Waals surface area contributed by atoms with Gasteiger partial charge in [0.05, 0.1) is 6.54 Å². The SMILES string of the molecule is Cc1cc(C)c(CN(C)C(=O)/C=C/c2cnc3c(c2)CN(C)CC(=O)N3)c(C)c1. The average molecular weight is 393 g/mol. The second-order valence-corrected chi connectivity index (χ2v) is 7.90. The highest BCUT2D eigenvalue weighted by atomic mass is 16.2. The van der Waals surface area contributed by atoms with E-state index in [1.54, 1.807) is 23.2 Å². The first-order valence-corrected chi connectivity index (χ1v) is 9.70. The van der Waals surface area contributed by atoms with Crippen molar-refractivity contribution in [3.8, 4) is 0 Å². The maximum absolute atomic E-state index is 12.6. The second-order valence-electron chi connectivity index (χ2n) is 7.90. The Labute approximate surface area is 172 Å². The Balaban J connectivity index is 1.71. The number of nitrogens with zero attached hydrogens (tertiary/aromatic N) is 3. The van der Waals surface area contributed by atoms with Crippen molar-refractivity contribution in [2.45, 2.75) is 33.9 Å². The van der Waals surface area contributed by atoms with Crippen LogP contribution in [0.15, 0.2) is 30.5 Å². The zero-order valence-electron chi connectivity index (χ0n) is 17.7. The average Bonchev–Trinajstić information content (AvgIpc) is 2.78. The predicted octanol–water partition coefficient (Wildman–Crippen LogP) is 3.06. The van der Waals surface area contributed by atoms with Gasteiger partial charge in [0.1, 0.15) is 5.82 Å². The lowest BCUT2D eigenvalue weighted by molar-refractivity contribution is -0.125. The van der Waals surface area contributed by atoms with Gasteiger partial charge in [-0.25, -0.2) is 4.98 Å². The number of rotatable bonds is 4. The molecule has 0 atom stereocenters. The van der Waals surface area contributed by atoms with Crippen LogP contribution >= 0.6 is 0 Å². The molecule has 0 bridgehead atoms. The van der Waals surface area contributed by atoms with Gasteiger partial charge in [-0.1, -0.05) is 17.7 Å². The maximum Gasteiger partial charge on any atom is 0.246 e. The number of likely N-dealkylation sites (N-methyl/N-ethyl adjacent to an activating group) is 2. The fraction of sp³-hybridized carbons (Fsp3) is 0.348. The summed E-state index contributed by atoms with van der Waals surface area (Å²) in [5.41, 5.74) is 6.59. The van der Waals surface area contributed by atoms with Gasteiger partial charge in [-0.2, -0.15) is 0 Å². The highest BCUT2D eigenvalue weighted by Crippen LogP contribution is 2.20. The van der Waals surface area contributed by atoms with E-state index in [9.17, 15) is 9.59 Å². The number of anilines is 1. The third-order valence-corrected chi connectivity index (χ3v) is 5.13. The zero-order valence-corrected chi connectivity index (χ0v) is 17.7. The van der Waals surface area contributed by atoms with Crippen LogP contribution in [0, 0.1) is 20.8 Å². The molecule has 0 unspecified atom stereocenters. The molecule has 2 amide bonds. The first-order chi connectivity index (χ1) is 13.7. The van der Waals surface area contributed by atoms with Crippen molar-refractivity contribution in [3.63, 3.8) is 0 Å². The number of aromatic nitrogens is 1. The molecule has 2 aromatic rings. The molecule has 152 valence electrons. The monoisotopic (exact) mass is 392 g/mol. The van der Waals surface area contributed by atoms with Crippen LogP contribution in [0.3, 0.4) is 0 Å². The van der Waals surface area contributed by atoms with Gasteiger partial charge in [-0.05, 0) is 62.2 Å². The van der Waals surface area contributed by atoms with Gasteiger partial charge < -0.3 is 10.2 Å². The molecule has 1 aromatic carbocycles. The van der Waals surface area contributed by atoms with Crippen molar-refractivity contribution < 1.29 is 9.59 Å². The maximum atomic E-state index is 12.6. The molecule has 2 heterocycles. The standard InChI is InChI=1S/C23H28N4O2/c1-15-8-16(2)20(17(3)9-15)13-27(5)22(29)7-6-18-10-19-12-26(4)14-21(28)25-23(19)24-11-18/h6-11H,12-14H2,1-5H3,(H,24,25,28)/b7-6+. The number of hydrogen-bond acceptors (Lipinski definition) is 4. The van der Waals surface area contributed by atoms with Crippen molar-refractivity contribution in [2.24, 2.45) is 0 Å². The fourth-order valence-electron chi connectivity index (χ4n) is 3.69. The number of carbonyl (C=O) groups is 2. The van der Waals surface area contributed by atoms with Crippen LogP contribution in [0.1, 0.15) is 33.4 Å². The lowest BCUT2D eigenvalue weighted by Crippen LogP contribution is -2.26. The van der Waals surface area contributed by atoms with E-state index in [1.165, 1.54) is 22.3 Å². The first kappa shape index (κ1) is 20.7. The summed E-state index contributed by atoms with van der Waals surface area (Å²) in [7, 11) is 3.70. The molecule has 1 aliphatic heterocycles. The summed E-state index contributed by atoms with van der Waals surface area (Å²) in [4.78, 5) is 32.4. The minimum Gasteiger partial charge on any atom is -0.338 e. The summed E-state index contributed by atoms with van der Waals surface area (Å²) >= 11 is 0. The molecule has 6 heteroatoms. The van der Waals surface area contributed by atoms with E-state index in [-0.39, 0.29) is 11.8 Å². The van der Waals surface area contributed by atoms with Gasteiger partial charge >= 0.3 is 0 Å². The van der Waals surface area contributed by atoms with E-state index in [0.29, 0.717) is 25.5 Å². The number of carbonyl (C=O) groups excluding carboxylic acids is 2. The Hall–Kier alpha value is -2.99. The third kappa shape index (κ3) is 5.09. The second kappa shape index (κ2) is 8.57. The van der Waals surface area contributed by atoms with Crippen LogP contribution in [0.25, 0.3) is 6.08 Å². The molecule has 0 spiro atoms. The predicted molar refractivity (Wildman–Crippen MR) is 115 cm³/mol. The molecule has 29 heavy (non-hydrogen) atoms. The molecule has 0 radical (unpaired) electrons. The first-order valence-electron chi connectivity index (χ1n) is 9.70. The zero-order chi connectivity index (χ0) is 21.1. The normalized spacial score (nSPS) is 14.4. The quantitative estimate of drug-likeness (QED) is 0.812. The van der Waals surface area contributed by atoms with Crippen molar-refractivity contribution in [3.05, 3.63) is 63.9 Å². The highest BCUT2D eigenvalue weighted by Gasteiger charge is 2.17. The lowest BCUT2D eigenvalue weighted by Gasteiger charge is -2.19. The highest BCUT2D eigenvalue weighted by molar-refractivity contribution is 5.93. The van der Waals surface area contributed by atoms with E-state index in [4.69, 9.17) is 0 Å². The topological polar surface area (TPSA) is 65.5 Å². The smallest absolute Gasteiger partial charge is 0.246 e. The van der Waals surface area contributed by atoms with Gasteiger partial charge in [-0.15, -0.1) is 0 Å². The minimum atomic E-state index is -0.0689. The van der Waals surface area contributed by atoms with Gasteiger partial charge in [0.2, 0.25) is 11.8 Å². The summed E-state index contributed by atoms with van der Waals surface area (Å²) in [6.07, 6.45) is 5.01. The van der Waals surface area contributed by atoms with Gasteiger partial charge in [0, 0.05) is 38.0 Å². The van der Waals surface area contributed by atoms with Crippen molar-refractivity contribution in [2.75, 3.05) is 26.0 Å². The van der Waals surface area contributed by atoms with E-state index in [2.05, 4.69) is 43.2 Å². The van der Waals surface area contributed by atoms with Crippen molar-refractivity contribution in [1.82, 2.24) is 14.8 Å². The van der Waals surface area contributed by atoms with E-state index in [1.807, 2.05) is 25.1 Å². The Bertz CT molecular complexity index is 958. The van der Waals surface area contributed by atoms with Crippen molar-refractivity contribution >= 4 is 23.7 Å². The fourth-order valence-corrected chi connectivity index (χ4v) is 3.69. The molecule has 0 saturated heterocycles. The number of aryl methyl sites for hydroxylation is 3. The minimum absolute atomic E-state index is 0.0651. The summed E-state index contributed by atoms with van der Waals surface area (Å²) in [5.74, 6) is 0.454. The number of pyridine rings is 1. The molecule has 6 nitrogen and oxygen atoms in total. The number of amides is 2. The molecular formula is C23H28N4O2. The van der Waals surface area contributed by atoms with Crippen LogP contribution in [0.2, 0.25) is 0 Å². The molecule has 0 aliphatic carbocycles. The molecule has 0 saturated carbocycles. The number of nitrogens with one attached hydrogen (secondary N) is 1. The third-order valence-electron chi connectivity index (χ3n) is 5.13. The summed E-state index contributed by atoms with van der Waals surface area (Å²) in [5, 5.41) is 2.81. The van der Waals surface area contributed by atoms with E-state index in [0.717, 1.165) is 11.1 Å². The number of fused-ring (bicyclic) bond motifs is 1. The Kier molecular flexibility index (Phi) is 6.13. The molecule has 1 aliphatic rings. The number of benzene rings is 1.